The van der Waals surface area contributed by atoms with E-state index >= 15 is 0 Å². The molecule has 1 atom stereocenters. The van der Waals surface area contributed by atoms with Crippen molar-refractivity contribution < 1.29 is 9.26 Å². The molecule has 0 radical (unpaired) electrons. The van der Waals surface area contributed by atoms with Gasteiger partial charge in [-0.25, -0.2) is 4.98 Å². The van der Waals surface area contributed by atoms with E-state index in [1.54, 1.807) is 18.5 Å². The highest BCUT2D eigenvalue weighted by molar-refractivity contribution is 6.30. The van der Waals surface area contributed by atoms with Crippen LogP contribution in [0.2, 0.25) is 5.02 Å². The smallest absolute Gasteiger partial charge is 0.278 e. The average molecular weight is 379 g/mol. The van der Waals surface area contributed by atoms with Crippen LogP contribution in [-0.2, 0) is 17.9 Å². The van der Waals surface area contributed by atoms with Gasteiger partial charge in [-0.3, -0.25) is 0 Å². The highest BCUT2D eigenvalue weighted by Gasteiger charge is 2.26. The number of hydrogen-bond acceptors (Lipinski definition) is 5. The Bertz CT molecular complexity index is 1070. The summed E-state index contributed by atoms with van der Waals surface area (Å²) < 4.78 is 13.6. The quantitative estimate of drug-likeness (QED) is 0.524. The van der Waals surface area contributed by atoms with Crippen molar-refractivity contribution in [1.82, 2.24) is 19.7 Å². The van der Waals surface area contributed by atoms with Crippen LogP contribution in [0.5, 0.6) is 0 Å². The van der Waals surface area contributed by atoms with Gasteiger partial charge >= 0.3 is 0 Å². The van der Waals surface area contributed by atoms with Crippen LogP contribution in [0, 0.1) is 0 Å². The molecule has 0 bridgehead atoms. The van der Waals surface area contributed by atoms with Gasteiger partial charge in [-0.1, -0.05) is 47.1 Å². The highest BCUT2D eigenvalue weighted by atomic mass is 35.5. The van der Waals surface area contributed by atoms with E-state index in [0.717, 1.165) is 16.8 Å². The van der Waals surface area contributed by atoms with Gasteiger partial charge in [-0.05, 0) is 29.8 Å². The highest BCUT2D eigenvalue weighted by Crippen LogP contribution is 2.31. The minimum absolute atomic E-state index is 0.00747. The summed E-state index contributed by atoms with van der Waals surface area (Å²) in [7, 11) is 0. The van der Waals surface area contributed by atoms with Crippen LogP contribution in [0.3, 0.4) is 0 Å². The van der Waals surface area contributed by atoms with Crippen LogP contribution in [0.4, 0.5) is 0 Å². The third-order valence-electron chi connectivity index (χ3n) is 4.63. The maximum Gasteiger partial charge on any atom is 0.278 e. The first-order valence-corrected chi connectivity index (χ1v) is 8.96. The van der Waals surface area contributed by atoms with Crippen LogP contribution in [-0.4, -0.2) is 19.7 Å². The summed E-state index contributed by atoms with van der Waals surface area (Å²) in [6.45, 7) is 1.14. The Hall–Kier alpha value is -2.96. The monoisotopic (exact) mass is 378 g/mol. The van der Waals surface area contributed by atoms with E-state index < -0.39 is 0 Å². The van der Waals surface area contributed by atoms with Gasteiger partial charge in [0.15, 0.2) is 5.69 Å². The lowest BCUT2D eigenvalue weighted by molar-refractivity contribution is 0.00330. The Kier molecular flexibility index (Phi) is 3.99. The SMILES string of the molecule is Clc1ccc(-c2noc(-c3ncn4c3CO[C@@H](c3ccccc3)C4)n2)cc1. The number of hydrogen-bond donors (Lipinski definition) is 0. The Morgan fingerprint density at radius 3 is 2.67 bits per heavy atom. The van der Waals surface area contributed by atoms with Crippen molar-refractivity contribution in [3.63, 3.8) is 0 Å². The first-order valence-electron chi connectivity index (χ1n) is 8.58. The standard InChI is InChI=1S/C20H15ClN4O2/c21-15-8-6-14(7-9-15)19-23-20(27-24-19)18-16-11-26-17(10-25(16)12-22-18)13-4-2-1-3-5-13/h1-9,12,17H,10-11H2/t17-/m1/s1. The minimum Gasteiger partial charge on any atom is -0.365 e. The second-order valence-electron chi connectivity index (χ2n) is 6.33. The molecule has 0 amide bonds. The van der Waals surface area contributed by atoms with Crippen molar-refractivity contribution in [2.24, 2.45) is 0 Å². The number of fused-ring (bicyclic) bond motifs is 1. The number of benzene rings is 2. The van der Waals surface area contributed by atoms with Gasteiger partial charge in [0.2, 0.25) is 5.82 Å². The second kappa shape index (κ2) is 6.64. The maximum absolute atomic E-state index is 6.05. The van der Waals surface area contributed by atoms with Crippen molar-refractivity contribution in [2.75, 3.05) is 0 Å². The van der Waals surface area contributed by atoms with Gasteiger partial charge in [0.25, 0.3) is 5.89 Å². The van der Waals surface area contributed by atoms with Gasteiger partial charge in [0, 0.05) is 10.6 Å². The van der Waals surface area contributed by atoms with Crippen molar-refractivity contribution in [1.29, 1.82) is 0 Å². The molecule has 0 saturated carbocycles. The maximum atomic E-state index is 6.05. The van der Waals surface area contributed by atoms with Gasteiger partial charge in [0.05, 0.1) is 25.2 Å². The van der Waals surface area contributed by atoms with E-state index in [4.69, 9.17) is 20.9 Å². The first kappa shape index (κ1) is 16.2. The number of imidazole rings is 1. The molecule has 3 heterocycles. The number of ether oxygens (including phenoxy) is 1. The van der Waals surface area contributed by atoms with E-state index in [1.165, 1.54) is 0 Å². The zero-order valence-electron chi connectivity index (χ0n) is 14.2. The molecular weight excluding hydrogens is 364 g/mol. The fraction of sp³-hybridized carbons (Fsp3) is 0.150. The zero-order chi connectivity index (χ0) is 18.2. The van der Waals surface area contributed by atoms with E-state index in [1.807, 2.05) is 30.3 Å². The average Bonchev–Trinajstić information content (AvgIpc) is 3.35. The van der Waals surface area contributed by atoms with Gasteiger partial charge in [0.1, 0.15) is 6.10 Å². The van der Waals surface area contributed by atoms with Crippen LogP contribution in [0.15, 0.2) is 65.4 Å². The molecule has 27 heavy (non-hydrogen) atoms. The zero-order valence-corrected chi connectivity index (χ0v) is 15.0. The Labute approximate surface area is 160 Å². The van der Waals surface area contributed by atoms with E-state index in [-0.39, 0.29) is 6.10 Å². The van der Waals surface area contributed by atoms with Crippen molar-refractivity contribution in [3.8, 4) is 23.0 Å². The summed E-state index contributed by atoms with van der Waals surface area (Å²) in [5, 5.41) is 4.73. The fourth-order valence-corrected chi connectivity index (χ4v) is 3.34. The summed E-state index contributed by atoms with van der Waals surface area (Å²) in [6.07, 6.45) is 1.81. The second-order valence-corrected chi connectivity index (χ2v) is 6.77. The molecule has 0 spiro atoms. The third-order valence-corrected chi connectivity index (χ3v) is 4.88. The van der Waals surface area contributed by atoms with E-state index in [9.17, 15) is 0 Å². The Morgan fingerprint density at radius 2 is 1.85 bits per heavy atom. The molecule has 1 aliphatic rings. The Morgan fingerprint density at radius 1 is 1.04 bits per heavy atom. The molecule has 0 aliphatic carbocycles. The molecule has 0 unspecified atom stereocenters. The summed E-state index contributed by atoms with van der Waals surface area (Å²) in [5.41, 5.74) is 3.59. The van der Waals surface area contributed by atoms with Crippen LogP contribution in [0.1, 0.15) is 17.4 Å². The molecule has 6 nitrogen and oxygen atoms in total. The molecule has 2 aromatic heterocycles. The molecule has 4 aromatic rings. The topological polar surface area (TPSA) is 66.0 Å². The lowest BCUT2D eigenvalue weighted by Gasteiger charge is -2.25. The Balaban J connectivity index is 1.42. The van der Waals surface area contributed by atoms with Gasteiger partial charge in [-0.15, -0.1) is 0 Å². The fourth-order valence-electron chi connectivity index (χ4n) is 3.21. The first-order chi connectivity index (χ1) is 13.3. The number of nitrogens with zero attached hydrogens (tertiary/aromatic N) is 4. The number of rotatable bonds is 3. The van der Waals surface area contributed by atoms with Crippen LogP contribution in [0.25, 0.3) is 23.0 Å². The summed E-state index contributed by atoms with van der Waals surface area (Å²) >= 11 is 5.93. The summed E-state index contributed by atoms with van der Waals surface area (Å²) in [5.74, 6) is 0.887. The molecule has 1 aliphatic heterocycles. The largest absolute Gasteiger partial charge is 0.365 e. The predicted octanol–water partition coefficient (Wildman–Crippen LogP) is 4.53. The third kappa shape index (κ3) is 3.03. The lowest BCUT2D eigenvalue weighted by atomic mass is 10.1. The van der Waals surface area contributed by atoms with Crippen LogP contribution >= 0.6 is 11.6 Å². The van der Waals surface area contributed by atoms with E-state index in [2.05, 4.69) is 31.8 Å². The van der Waals surface area contributed by atoms with Gasteiger partial charge < -0.3 is 13.8 Å². The summed E-state index contributed by atoms with van der Waals surface area (Å²) in [6, 6.07) is 17.5. The molecule has 5 rings (SSSR count). The number of halogens is 1. The molecule has 7 heteroatoms. The lowest BCUT2D eigenvalue weighted by Crippen LogP contribution is -2.20. The van der Waals surface area contributed by atoms with Crippen molar-refractivity contribution in [3.05, 3.63) is 77.2 Å². The van der Waals surface area contributed by atoms with Crippen LogP contribution < -0.4 is 0 Å². The number of aromatic nitrogens is 4. The summed E-state index contributed by atoms with van der Waals surface area (Å²) in [4.78, 5) is 8.97. The van der Waals surface area contributed by atoms with Crippen molar-refractivity contribution >= 4 is 11.6 Å². The molecule has 0 saturated heterocycles. The molecular formula is C20H15ClN4O2. The normalized spacial score (nSPS) is 16.3. The molecule has 2 aromatic carbocycles. The van der Waals surface area contributed by atoms with E-state index in [0.29, 0.717) is 35.6 Å². The van der Waals surface area contributed by atoms with Gasteiger partial charge in [-0.2, -0.15) is 4.98 Å². The van der Waals surface area contributed by atoms with Crippen molar-refractivity contribution in [2.45, 2.75) is 19.3 Å². The molecule has 134 valence electrons. The molecule has 0 N–H and O–H groups in total. The minimum atomic E-state index is 0.00747. The predicted molar refractivity (Wildman–Crippen MR) is 99.9 cm³/mol. The molecule has 0 fully saturated rings.